The number of carbonyl (C=O) groups is 2. The van der Waals surface area contributed by atoms with Crippen molar-refractivity contribution in [3.63, 3.8) is 0 Å². The van der Waals surface area contributed by atoms with Crippen molar-refractivity contribution in [1.29, 1.82) is 0 Å². The monoisotopic (exact) mass is 216 g/mol. The molecule has 0 aliphatic carbocycles. The third-order valence-corrected chi connectivity index (χ3v) is 2.07. The van der Waals surface area contributed by atoms with Crippen LogP contribution in [0.2, 0.25) is 0 Å². The Morgan fingerprint density at radius 1 is 1.47 bits per heavy atom. The summed E-state index contributed by atoms with van der Waals surface area (Å²) in [4.78, 5) is 21.8. The van der Waals surface area contributed by atoms with Crippen molar-refractivity contribution < 1.29 is 14.7 Å². The second kappa shape index (κ2) is 5.70. The Morgan fingerprint density at radius 2 is 2.00 bits per heavy atom. The van der Waals surface area contributed by atoms with Crippen LogP contribution in [0.4, 0.5) is 0 Å². The molecule has 5 heteroatoms. The second-order valence-electron chi connectivity index (χ2n) is 4.33. The molecule has 5 nitrogen and oxygen atoms in total. The van der Waals surface area contributed by atoms with Crippen molar-refractivity contribution in [2.45, 2.75) is 51.6 Å². The average molecular weight is 216 g/mol. The van der Waals surface area contributed by atoms with Crippen LogP contribution in [-0.2, 0) is 9.59 Å². The van der Waals surface area contributed by atoms with Crippen LogP contribution < -0.4 is 11.1 Å². The molecule has 88 valence electrons. The summed E-state index contributed by atoms with van der Waals surface area (Å²) in [6.07, 6.45) is 1.44. The Balaban J connectivity index is 4.17. The first-order valence-corrected chi connectivity index (χ1v) is 5.08. The minimum atomic E-state index is -1.06. The summed E-state index contributed by atoms with van der Waals surface area (Å²) in [5.74, 6) is -1.47. The Morgan fingerprint density at radius 3 is 2.40 bits per heavy atom. The number of nitrogens with one attached hydrogen (secondary N) is 1. The summed E-state index contributed by atoms with van der Waals surface area (Å²) in [5.41, 5.74) is 5.10. The molecule has 15 heavy (non-hydrogen) atoms. The van der Waals surface area contributed by atoms with Crippen LogP contribution in [0.5, 0.6) is 0 Å². The number of nitrogens with two attached hydrogens (primary N) is 1. The summed E-state index contributed by atoms with van der Waals surface area (Å²) in [6.45, 7) is 5.80. The Bertz CT molecular complexity index is 239. The lowest BCUT2D eigenvalue weighted by Gasteiger charge is -2.27. The van der Waals surface area contributed by atoms with Crippen molar-refractivity contribution in [3.05, 3.63) is 0 Å². The predicted molar refractivity (Wildman–Crippen MR) is 57.4 cm³/mol. The fourth-order valence-electron chi connectivity index (χ4n) is 1.39. The van der Waals surface area contributed by atoms with E-state index in [1.165, 1.54) is 0 Å². The average Bonchev–Trinajstić information content (AvgIpc) is 2.01. The number of hydrogen-bond acceptors (Lipinski definition) is 3. The fraction of sp³-hybridized carbons (Fsp3) is 0.800. The maximum absolute atomic E-state index is 11.5. The molecule has 0 bridgehead atoms. The molecule has 1 unspecified atom stereocenters. The molecule has 0 heterocycles. The molecule has 0 rings (SSSR count). The highest BCUT2D eigenvalue weighted by Crippen LogP contribution is 2.10. The molecule has 0 aromatic carbocycles. The molecule has 0 radical (unpaired) electrons. The van der Waals surface area contributed by atoms with Gasteiger partial charge in [-0.1, -0.05) is 13.3 Å². The van der Waals surface area contributed by atoms with E-state index in [4.69, 9.17) is 10.8 Å². The van der Waals surface area contributed by atoms with Crippen molar-refractivity contribution >= 4 is 11.9 Å². The number of carbonyl (C=O) groups excluding carboxylic acids is 1. The molecule has 0 aliphatic heterocycles. The van der Waals surface area contributed by atoms with Crippen LogP contribution >= 0.6 is 0 Å². The molecule has 0 aromatic heterocycles. The first-order chi connectivity index (χ1) is 6.78. The molecule has 4 N–H and O–H groups in total. The first kappa shape index (κ1) is 13.9. The van der Waals surface area contributed by atoms with E-state index >= 15 is 0 Å². The summed E-state index contributed by atoms with van der Waals surface area (Å²) in [7, 11) is 0. The zero-order valence-electron chi connectivity index (χ0n) is 9.54. The molecule has 1 amide bonds. The number of carboxylic acid groups (broad SMARTS) is 1. The van der Waals surface area contributed by atoms with E-state index in [0.29, 0.717) is 0 Å². The molecule has 0 fully saturated rings. The molecular weight excluding hydrogens is 196 g/mol. The number of hydrogen-bond donors (Lipinski definition) is 3. The summed E-state index contributed by atoms with van der Waals surface area (Å²) < 4.78 is 0. The van der Waals surface area contributed by atoms with E-state index in [0.717, 1.165) is 12.8 Å². The molecule has 0 aromatic rings. The van der Waals surface area contributed by atoms with E-state index in [1.54, 1.807) is 0 Å². The van der Waals surface area contributed by atoms with Gasteiger partial charge in [0.1, 0.15) is 0 Å². The van der Waals surface area contributed by atoms with Crippen LogP contribution in [0.25, 0.3) is 0 Å². The van der Waals surface area contributed by atoms with Crippen LogP contribution in [0.3, 0.4) is 0 Å². The third kappa shape index (κ3) is 6.06. The smallest absolute Gasteiger partial charge is 0.305 e. The van der Waals surface area contributed by atoms with Crippen molar-refractivity contribution in [1.82, 2.24) is 5.32 Å². The molecular formula is C10H20N2O3. The van der Waals surface area contributed by atoms with Gasteiger partial charge < -0.3 is 16.2 Å². The summed E-state index contributed by atoms with van der Waals surface area (Å²) in [5, 5.41) is 11.2. The van der Waals surface area contributed by atoms with Gasteiger partial charge in [0.15, 0.2) is 0 Å². The van der Waals surface area contributed by atoms with Gasteiger partial charge >= 0.3 is 5.97 Å². The SMILES string of the molecule is CCCC(C)(C)NC(=O)C(N)CC(=O)O. The first-order valence-electron chi connectivity index (χ1n) is 5.08. The summed E-state index contributed by atoms with van der Waals surface area (Å²) >= 11 is 0. The van der Waals surface area contributed by atoms with Crippen molar-refractivity contribution in [3.8, 4) is 0 Å². The molecule has 0 saturated heterocycles. The lowest BCUT2D eigenvalue weighted by atomic mass is 9.98. The summed E-state index contributed by atoms with van der Waals surface area (Å²) in [6, 6.07) is -0.973. The normalized spacial score (nSPS) is 13.3. The molecule has 0 aliphatic rings. The zero-order valence-corrected chi connectivity index (χ0v) is 9.54. The maximum Gasteiger partial charge on any atom is 0.305 e. The molecule has 0 spiro atoms. The van der Waals surface area contributed by atoms with Crippen LogP contribution in [-0.4, -0.2) is 28.6 Å². The Hall–Kier alpha value is -1.10. The topological polar surface area (TPSA) is 92.4 Å². The van der Waals surface area contributed by atoms with Gasteiger partial charge in [0.05, 0.1) is 12.5 Å². The number of carboxylic acids is 1. The minimum absolute atomic E-state index is 0.331. The van der Waals surface area contributed by atoms with E-state index < -0.39 is 17.9 Å². The largest absolute Gasteiger partial charge is 0.481 e. The Labute approximate surface area is 90.0 Å². The van der Waals surface area contributed by atoms with E-state index in [9.17, 15) is 9.59 Å². The zero-order chi connectivity index (χ0) is 12.1. The van der Waals surface area contributed by atoms with Gasteiger partial charge in [0, 0.05) is 5.54 Å². The van der Waals surface area contributed by atoms with Crippen molar-refractivity contribution in [2.75, 3.05) is 0 Å². The van der Waals surface area contributed by atoms with Crippen LogP contribution in [0.1, 0.15) is 40.0 Å². The third-order valence-electron chi connectivity index (χ3n) is 2.07. The van der Waals surface area contributed by atoms with E-state index in [-0.39, 0.29) is 12.0 Å². The van der Waals surface area contributed by atoms with Gasteiger partial charge in [-0.05, 0) is 20.3 Å². The highest BCUT2D eigenvalue weighted by molar-refractivity contribution is 5.86. The lowest BCUT2D eigenvalue weighted by Crippen LogP contribution is -2.51. The molecule has 0 saturated carbocycles. The van der Waals surface area contributed by atoms with Gasteiger partial charge in [-0.2, -0.15) is 0 Å². The predicted octanol–water partition coefficient (Wildman–Crippen LogP) is 0.483. The Kier molecular flexibility index (Phi) is 5.28. The van der Waals surface area contributed by atoms with E-state index in [1.807, 2.05) is 20.8 Å². The van der Waals surface area contributed by atoms with Gasteiger partial charge in [-0.3, -0.25) is 9.59 Å². The van der Waals surface area contributed by atoms with Gasteiger partial charge in [0.25, 0.3) is 0 Å². The second-order valence-corrected chi connectivity index (χ2v) is 4.33. The van der Waals surface area contributed by atoms with Gasteiger partial charge in [0.2, 0.25) is 5.91 Å². The van der Waals surface area contributed by atoms with Crippen molar-refractivity contribution in [2.24, 2.45) is 5.73 Å². The standard InChI is InChI=1S/C10H20N2O3/c1-4-5-10(2,3)12-9(15)7(11)6-8(13)14/h7H,4-6,11H2,1-3H3,(H,12,15)(H,13,14). The van der Waals surface area contributed by atoms with Crippen LogP contribution in [0, 0.1) is 0 Å². The fourth-order valence-corrected chi connectivity index (χ4v) is 1.39. The molecule has 1 atom stereocenters. The van der Waals surface area contributed by atoms with Gasteiger partial charge in [-0.25, -0.2) is 0 Å². The lowest BCUT2D eigenvalue weighted by molar-refractivity contribution is -0.139. The van der Waals surface area contributed by atoms with Crippen LogP contribution in [0.15, 0.2) is 0 Å². The number of aliphatic carboxylic acids is 1. The van der Waals surface area contributed by atoms with E-state index in [2.05, 4.69) is 5.32 Å². The highest BCUT2D eigenvalue weighted by atomic mass is 16.4. The number of amides is 1. The quantitative estimate of drug-likeness (QED) is 0.602. The highest BCUT2D eigenvalue weighted by Gasteiger charge is 2.24. The maximum atomic E-state index is 11.5. The number of rotatable bonds is 6. The minimum Gasteiger partial charge on any atom is -0.481 e. The van der Waals surface area contributed by atoms with Gasteiger partial charge in [-0.15, -0.1) is 0 Å².